The van der Waals surface area contributed by atoms with Crippen molar-refractivity contribution in [2.24, 2.45) is 0 Å². The van der Waals surface area contributed by atoms with Crippen molar-refractivity contribution in [3.05, 3.63) is 22.4 Å². The first-order chi connectivity index (χ1) is 11.8. The van der Waals surface area contributed by atoms with E-state index in [1.54, 1.807) is 6.92 Å². The van der Waals surface area contributed by atoms with Gasteiger partial charge in [0.05, 0.1) is 22.3 Å². The van der Waals surface area contributed by atoms with Crippen LogP contribution in [0.4, 0.5) is 0 Å². The maximum atomic E-state index is 12.4. The summed E-state index contributed by atoms with van der Waals surface area (Å²) in [6, 6.07) is 1.91. The van der Waals surface area contributed by atoms with Gasteiger partial charge in [-0.3, -0.25) is 4.79 Å². The Labute approximate surface area is 152 Å². The number of nitrogens with zero attached hydrogens (tertiary/aromatic N) is 2. The third-order valence-electron chi connectivity index (χ3n) is 4.81. The van der Waals surface area contributed by atoms with Crippen LogP contribution < -0.4 is 5.32 Å². The molecule has 1 aliphatic carbocycles. The van der Waals surface area contributed by atoms with Crippen LogP contribution in [0.25, 0.3) is 0 Å². The molecule has 6 nitrogen and oxygen atoms in total. The Morgan fingerprint density at radius 2 is 2.20 bits per heavy atom. The number of hydrogen-bond acceptors (Lipinski definition) is 6. The molecule has 2 aliphatic rings. The maximum absolute atomic E-state index is 12.4. The number of amides is 1. The highest BCUT2D eigenvalue weighted by Gasteiger charge is 2.31. The predicted molar refractivity (Wildman–Crippen MR) is 96.2 cm³/mol. The van der Waals surface area contributed by atoms with Crippen molar-refractivity contribution < 1.29 is 13.2 Å². The van der Waals surface area contributed by atoms with Gasteiger partial charge >= 0.3 is 0 Å². The van der Waals surface area contributed by atoms with Crippen molar-refractivity contribution >= 4 is 27.5 Å². The summed E-state index contributed by atoms with van der Waals surface area (Å²) in [6.07, 6.45) is 3.38. The smallest absolute Gasteiger partial charge is 0.233 e. The molecule has 8 heteroatoms. The number of thioether (sulfide) groups is 1. The van der Waals surface area contributed by atoms with Gasteiger partial charge < -0.3 is 5.32 Å². The Balaban J connectivity index is 1.73. The average molecular weight is 380 g/mol. The number of nitriles is 1. The van der Waals surface area contributed by atoms with Crippen LogP contribution in [0.2, 0.25) is 0 Å². The van der Waals surface area contributed by atoms with Crippen LogP contribution in [0.1, 0.15) is 42.1 Å². The molecular weight excluding hydrogens is 358 g/mol. The Kier molecular flexibility index (Phi) is 5.07. The number of sulfone groups is 1. The number of carbonyl (C=O) groups is 1. The molecule has 2 atom stereocenters. The molecule has 0 saturated carbocycles. The monoisotopic (exact) mass is 379 g/mol. The summed E-state index contributed by atoms with van der Waals surface area (Å²) in [5.41, 5.74) is 3.73. The van der Waals surface area contributed by atoms with E-state index < -0.39 is 15.1 Å². The molecule has 1 fully saturated rings. The lowest BCUT2D eigenvalue weighted by Crippen LogP contribution is -2.40. The number of nitrogens with one attached hydrogen (secondary N) is 1. The van der Waals surface area contributed by atoms with E-state index in [4.69, 9.17) is 0 Å². The van der Waals surface area contributed by atoms with Crippen molar-refractivity contribution in [1.82, 2.24) is 10.3 Å². The topological polar surface area (TPSA) is 99.9 Å². The molecule has 0 radical (unpaired) electrons. The molecule has 0 aromatic carbocycles. The van der Waals surface area contributed by atoms with E-state index in [-0.39, 0.29) is 23.5 Å². The SMILES string of the molecule is Cc1c(C#N)c(SC(C)C(=O)NC2CCS(=O)(=O)C2)nc2c1CCC2. The van der Waals surface area contributed by atoms with Crippen molar-refractivity contribution in [3.63, 3.8) is 0 Å². The normalized spacial score (nSPS) is 22.2. The van der Waals surface area contributed by atoms with Crippen molar-refractivity contribution in [1.29, 1.82) is 5.26 Å². The van der Waals surface area contributed by atoms with Gasteiger partial charge in [-0.05, 0) is 50.7 Å². The van der Waals surface area contributed by atoms with Crippen LogP contribution in [0.15, 0.2) is 5.03 Å². The minimum atomic E-state index is -3.03. The largest absolute Gasteiger partial charge is 0.351 e. The van der Waals surface area contributed by atoms with E-state index in [0.717, 1.165) is 30.5 Å². The highest BCUT2D eigenvalue weighted by atomic mass is 32.2. The van der Waals surface area contributed by atoms with Crippen LogP contribution in [0, 0.1) is 18.3 Å². The molecule has 1 amide bonds. The molecule has 1 aliphatic heterocycles. The van der Waals surface area contributed by atoms with Crippen LogP contribution in [0.3, 0.4) is 0 Å². The third-order valence-corrected chi connectivity index (χ3v) is 7.67. The zero-order valence-corrected chi connectivity index (χ0v) is 16.0. The number of carbonyl (C=O) groups excluding carboxylic acids is 1. The first-order valence-electron chi connectivity index (χ1n) is 8.40. The van der Waals surface area contributed by atoms with Crippen LogP contribution in [0.5, 0.6) is 0 Å². The zero-order valence-electron chi connectivity index (χ0n) is 14.3. The summed E-state index contributed by atoms with van der Waals surface area (Å²) in [5.74, 6) is -0.0738. The second-order valence-corrected chi connectivity index (χ2v) is 10.2. The minimum absolute atomic E-state index is 0.00970. The highest BCUT2D eigenvalue weighted by Crippen LogP contribution is 2.33. The summed E-state index contributed by atoms with van der Waals surface area (Å²) >= 11 is 1.27. The highest BCUT2D eigenvalue weighted by molar-refractivity contribution is 8.00. The maximum Gasteiger partial charge on any atom is 0.233 e. The summed E-state index contributed by atoms with van der Waals surface area (Å²) in [4.78, 5) is 17.0. The lowest BCUT2D eigenvalue weighted by molar-refractivity contribution is -0.120. The number of hydrogen-bond donors (Lipinski definition) is 1. The Morgan fingerprint density at radius 1 is 1.44 bits per heavy atom. The molecule has 2 heterocycles. The van der Waals surface area contributed by atoms with Crippen LogP contribution >= 0.6 is 11.8 Å². The number of aryl methyl sites for hydroxylation is 1. The lowest BCUT2D eigenvalue weighted by Gasteiger charge is -2.17. The fraction of sp³-hybridized carbons (Fsp3) is 0.588. The summed E-state index contributed by atoms with van der Waals surface area (Å²) in [7, 11) is -3.03. The Morgan fingerprint density at radius 3 is 2.84 bits per heavy atom. The summed E-state index contributed by atoms with van der Waals surface area (Å²) < 4.78 is 23.0. The van der Waals surface area contributed by atoms with Gasteiger partial charge in [-0.25, -0.2) is 13.4 Å². The summed E-state index contributed by atoms with van der Waals surface area (Å²) in [5, 5.41) is 12.5. The molecule has 1 N–H and O–H groups in total. The van der Waals surface area contributed by atoms with Crippen molar-refractivity contribution in [2.45, 2.75) is 55.8 Å². The van der Waals surface area contributed by atoms with Gasteiger partial charge in [0, 0.05) is 11.7 Å². The van der Waals surface area contributed by atoms with E-state index in [1.165, 1.54) is 17.3 Å². The molecular formula is C17H21N3O3S2. The molecule has 1 aromatic heterocycles. The molecule has 3 rings (SSSR count). The van der Waals surface area contributed by atoms with Crippen molar-refractivity contribution in [2.75, 3.05) is 11.5 Å². The van der Waals surface area contributed by atoms with E-state index in [0.29, 0.717) is 17.0 Å². The first-order valence-corrected chi connectivity index (χ1v) is 11.1. The molecule has 0 bridgehead atoms. The third kappa shape index (κ3) is 3.82. The Hall–Kier alpha value is -1.59. The first kappa shape index (κ1) is 18.2. The molecule has 1 saturated heterocycles. The quantitative estimate of drug-likeness (QED) is 0.797. The molecule has 2 unspecified atom stereocenters. The van der Waals surface area contributed by atoms with Gasteiger partial charge in [0.15, 0.2) is 9.84 Å². The summed E-state index contributed by atoms with van der Waals surface area (Å²) in [6.45, 7) is 3.71. The van der Waals surface area contributed by atoms with Gasteiger partial charge in [0.2, 0.25) is 5.91 Å². The molecule has 134 valence electrons. The molecule has 0 spiro atoms. The predicted octanol–water partition coefficient (Wildman–Crippen LogP) is 1.53. The number of pyridine rings is 1. The second kappa shape index (κ2) is 6.96. The van der Waals surface area contributed by atoms with E-state index in [2.05, 4.69) is 16.4 Å². The van der Waals surface area contributed by atoms with E-state index in [1.807, 2.05) is 6.92 Å². The van der Waals surface area contributed by atoms with E-state index >= 15 is 0 Å². The van der Waals surface area contributed by atoms with Gasteiger partial charge in [-0.15, -0.1) is 0 Å². The fourth-order valence-corrected chi connectivity index (χ4v) is 6.07. The standard InChI is InChI=1S/C17H21N3O3S2/c1-10-13-4-3-5-15(13)20-17(14(10)8-18)24-11(2)16(21)19-12-6-7-25(22,23)9-12/h11-12H,3-7,9H2,1-2H3,(H,19,21). The molecule has 1 aromatic rings. The number of fused-ring (bicyclic) bond motifs is 1. The lowest BCUT2D eigenvalue weighted by atomic mass is 10.0. The number of rotatable bonds is 4. The van der Waals surface area contributed by atoms with Gasteiger partial charge in [0.1, 0.15) is 11.1 Å². The average Bonchev–Trinajstić information content (AvgIpc) is 3.14. The van der Waals surface area contributed by atoms with Gasteiger partial charge in [-0.2, -0.15) is 5.26 Å². The number of aromatic nitrogens is 1. The zero-order chi connectivity index (χ0) is 18.2. The second-order valence-electron chi connectivity index (χ2n) is 6.68. The van der Waals surface area contributed by atoms with Crippen LogP contribution in [-0.2, 0) is 27.5 Å². The van der Waals surface area contributed by atoms with Gasteiger partial charge in [0.25, 0.3) is 0 Å². The van der Waals surface area contributed by atoms with Crippen molar-refractivity contribution in [3.8, 4) is 6.07 Å². The van der Waals surface area contributed by atoms with E-state index in [9.17, 15) is 18.5 Å². The van der Waals surface area contributed by atoms with Crippen LogP contribution in [-0.4, -0.2) is 42.1 Å². The van der Waals surface area contributed by atoms with Gasteiger partial charge in [-0.1, -0.05) is 11.8 Å². The fourth-order valence-electron chi connectivity index (χ4n) is 3.41. The molecule has 25 heavy (non-hydrogen) atoms. The minimum Gasteiger partial charge on any atom is -0.351 e. The Bertz CT molecular complexity index is 859.